The Kier molecular flexibility index (Phi) is 9.16. The topological polar surface area (TPSA) is 12.0 Å². The normalized spacial score (nSPS) is 12.8. The molecule has 1 heteroatoms. The lowest BCUT2D eigenvalue weighted by molar-refractivity contribution is 0.457. The average molecular weight is 237 g/mol. The molecule has 1 unspecified atom stereocenters. The lowest BCUT2D eigenvalue weighted by Gasteiger charge is -2.13. The Morgan fingerprint density at radius 2 is 1.76 bits per heavy atom. The zero-order chi connectivity index (χ0) is 13.3. The second-order valence-electron chi connectivity index (χ2n) is 5.73. The Hall–Kier alpha value is -0.560. The van der Waals surface area contributed by atoms with Crippen molar-refractivity contribution in [1.29, 1.82) is 0 Å². The van der Waals surface area contributed by atoms with Crippen molar-refractivity contribution < 1.29 is 0 Å². The van der Waals surface area contributed by atoms with E-state index in [0.717, 1.165) is 19.0 Å². The van der Waals surface area contributed by atoms with Crippen LogP contribution in [0.4, 0.5) is 0 Å². The van der Waals surface area contributed by atoms with Gasteiger partial charge in [0.05, 0.1) is 0 Å². The highest BCUT2D eigenvalue weighted by Gasteiger charge is 2.04. The van der Waals surface area contributed by atoms with Crippen LogP contribution in [0.25, 0.3) is 0 Å². The van der Waals surface area contributed by atoms with Crippen molar-refractivity contribution in [1.82, 2.24) is 5.32 Å². The second-order valence-corrected chi connectivity index (χ2v) is 5.73. The molecule has 0 heterocycles. The highest BCUT2D eigenvalue weighted by atomic mass is 14.8. The van der Waals surface area contributed by atoms with Crippen LogP contribution in [0.5, 0.6) is 0 Å². The van der Waals surface area contributed by atoms with E-state index in [1.54, 1.807) is 0 Å². The van der Waals surface area contributed by atoms with Gasteiger partial charge in [-0.25, -0.2) is 0 Å². The molecule has 0 aromatic carbocycles. The number of allylic oxidation sites excluding steroid dienone is 1. The minimum atomic E-state index is 0.641. The van der Waals surface area contributed by atoms with Gasteiger partial charge in [-0.2, -0.15) is 0 Å². The Balaban J connectivity index is 3.43. The summed E-state index contributed by atoms with van der Waals surface area (Å²) in [5.41, 5.74) is 2.61. The summed E-state index contributed by atoms with van der Waals surface area (Å²) in [5.74, 6) is 1.45. The first-order valence-corrected chi connectivity index (χ1v) is 6.96. The fourth-order valence-corrected chi connectivity index (χ4v) is 1.76. The van der Waals surface area contributed by atoms with Crippen molar-refractivity contribution in [2.75, 3.05) is 13.1 Å². The smallest absolute Gasteiger partial charge is 0.0159 e. The molecule has 100 valence electrons. The van der Waals surface area contributed by atoms with Crippen LogP contribution < -0.4 is 5.32 Å². The van der Waals surface area contributed by atoms with Crippen LogP contribution in [0, 0.1) is 11.8 Å². The summed E-state index contributed by atoms with van der Waals surface area (Å²) in [6.07, 6.45) is 5.07. The van der Waals surface area contributed by atoms with Gasteiger partial charge in [-0.1, -0.05) is 51.5 Å². The minimum absolute atomic E-state index is 0.641. The van der Waals surface area contributed by atoms with Crippen molar-refractivity contribution in [3.63, 3.8) is 0 Å². The largest absolute Gasteiger partial charge is 0.313 e. The maximum Gasteiger partial charge on any atom is 0.0159 e. The molecule has 17 heavy (non-hydrogen) atoms. The minimum Gasteiger partial charge on any atom is -0.313 e. The first kappa shape index (κ1) is 16.4. The van der Waals surface area contributed by atoms with E-state index in [1.807, 2.05) is 0 Å². The third kappa shape index (κ3) is 10.3. The predicted octanol–water partition coefficient (Wildman–Crippen LogP) is 4.56. The van der Waals surface area contributed by atoms with E-state index in [0.29, 0.717) is 5.92 Å². The van der Waals surface area contributed by atoms with Crippen LogP contribution >= 0.6 is 0 Å². The Morgan fingerprint density at radius 1 is 1.12 bits per heavy atom. The molecule has 0 aromatic rings. The van der Waals surface area contributed by atoms with Crippen molar-refractivity contribution >= 4 is 0 Å². The molecule has 1 atom stereocenters. The molecule has 0 fully saturated rings. The number of rotatable bonds is 10. The molecule has 0 spiro atoms. The van der Waals surface area contributed by atoms with E-state index in [-0.39, 0.29) is 0 Å². The predicted molar refractivity (Wildman–Crippen MR) is 79.3 cm³/mol. The summed E-state index contributed by atoms with van der Waals surface area (Å²) in [4.78, 5) is 0. The molecular formula is C16H31N. The number of hydrogen-bond acceptors (Lipinski definition) is 1. The third-order valence-corrected chi connectivity index (χ3v) is 3.25. The Bertz CT molecular complexity index is 228. The van der Waals surface area contributed by atoms with E-state index in [1.165, 1.54) is 36.8 Å². The van der Waals surface area contributed by atoms with Crippen LogP contribution in [0.15, 0.2) is 24.3 Å². The quantitative estimate of drug-likeness (QED) is 0.434. The number of nitrogens with one attached hydrogen (secondary N) is 1. The average Bonchev–Trinajstić information content (AvgIpc) is 2.23. The maximum atomic E-state index is 4.12. The van der Waals surface area contributed by atoms with Gasteiger partial charge >= 0.3 is 0 Å². The second kappa shape index (κ2) is 9.47. The van der Waals surface area contributed by atoms with Crippen molar-refractivity contribution in [3.05, 3.63) is 24.3 Å². The molecule has 0 radical (unpaired) electrons. The fraction of sp³-hybridized carbons (Fsp3) is 0.750. The summed E-state index contributed by atoms with van der Waals surface area (Å²) in [6.45, 7) is 18.9. The molecule has 1 nitrogen and oxygen atoms in total. The SMILES string of the molecule is C=C(C)CNCCC(C)CCCC(=C)C(C)C. The van der Waals surface area contributed by atoms with E-state index in [9.17, 15) is 0 Å². The van der Waals surface area contributed by atoms with Gasteiger partial charge in [-0.3, -0.25) is 0 Å². The van der Waals surface area contributed by atoms with Gasteiger partial charge in [0.2, 0.25) is 0 Å². The van der Waals surface area contributed by atoms with Crippen molar-refractivity contribution in [3.8, 4) is 0 Å². The molecule has 0 aliphatic heterocycles. The van der Waals surface area contributed by atoms with E-state index in [4.69, 9.17) is 0 Å². The van der Waals surface area contributed by atoms with Gasteiger partial charge in [0.1, 0.15) is 0 Å². The Morgan fingerprint density at radius 3 is 2.29 bits per heavy atom. The lowest BCUT2D eigenvalue weighted by atomic mass is 9.95. The molecule has 1 N–H and O–H groups in total. The summed E-state index contributed by atoms with van der Waals surface area (Å²) >= 11 is 0. The standard InChI is InChI=1S/C16H31N/c1-13(2)12-17-11-10-15(5)8-7-9-16(6)14(3)4/h14-15,17H,1,6-12H2,2-5H3. The van der Waals surface area contributed by atoms with Gasteiger partial charge in [0.25, 0.3) is 0 Å². The number of hydrogen-bond donors (Lipinski definition) is 1. The van der Waals surface area contributed by atoms with Gasteiger partial charge in [-0.15, -0.1) is 0 Å². The monoisotopic (exact) mass is 237 g/mol. The summed E-state index contributed by atoms with van der Waals surface area (Å²) in [6, 6.07) is 0. The maximum absolute atomic E-state index is 4.12. The molecule has 0 aromatic heterocycles. The summed E-state index contributed by atoms with van der Waals surface area (Å²) in [7, 11) is 0. The fourth-order valence-electron chi connectivity index (χ4n) is 1.76. The van der Waals surface area contributed by atoms with Gasteiger partial charge < -0.3 is 5.32 Å². The summed E-state index contributed by atoms with van der Waals surface area (Å²) in [5, 5.41) is 3.42. The molecule has 0 aliphatic carbocycles. The molecule has 0 bridgehead atoms. The highest BCUT2D eigenvalue weighted by molar-refractivity contribution is 4.96. The zero-order valence-electron chi connectivity index (χ0n) is 12.3. The highest BCUT2D eigenvalue weighted by Crippen LogP contribution is 2.18. The molecule has 0 saturated carbocycles. The first-order valence-electron chi connectivity index (χ1n) is 6.96. The molecule has 0 aliphatic rings. The van der Waals surface area contributed by atoms with Crippen LogP contribution in [-0.4, -0.2) is 13.1 Å². The van der Waals surface area contributed by atoms with E-state index in [2.05, 4.69) is 46.2 Å². The lowest BCUT2D eigenvalue weighted by Crippen LogP contribution is -2.19. The first-order chi connectivity index (χ1) is 7.93. The summed E-state index contributed by atoms with van der Waals surface area (Å²) < 4.78 is 0. The molecular weight excluding hydrogens is 206 g/mol. The van der Waals surface area contributed by atoms with Crippen LogP contribution in [0.2, 0.25) is 0 Å². The van der Waals surface area contributed by atoms with E-state index < -0.39 is 0 Å². The van der Waals surface area contributed by atoms with Crippen molar-refractivity contribution in [2.24, 2.45) is 11.8 Å². The molecule has 0 saturated heterocycles. The van der Waals surface area contributed by atoms with Crippen LogP contribution in [-0.2, 0) is 0 Å². The van der Waals surface area contributed by atoms with E-state index >= 15 is 0 Å². The third-order valence-electron chi connectivity index (χ3n) is 3.25. The molecule has 0 rings (SSSR count). The Labute approximate surface area is 108 Å². The van der Waals surface area contributed by atoms with Gasteiger partial charge in [-0.05, 0) is 44.6 Å². The molecule has 0 amide bonds. The zero-order valence-corrected chi connectivity index (χ0v) is 12.3. The van der Waals surface area contributed by atoms with Gasteiger partial charge in [0.15, 0.2) is 0 Å². The van der Waals surface area contributed by atoms with Gasteiger partial charge in [0, 0.05) is 6.54 Å². The van der Waals surface area contributed by atoms with Crippen LogP contribution in [0.3, 0.4) is 0 Å². The van der Waals surface area contributed by atoms with Crippen molar-refractivity contribution in [2.45, 2.75) is 53.4 Å². The van der Waals surface area contributed by atoms with Crippen LogP contribution in [0.1, 0.15) is 53.4 Å².